The molecule has 0 spiro atoms. The zero-order valence-electron chi connectivity index (χ0n) is 15.6. The molecule has 136 valence electrons. The van der Waals surface area contributed by atoms with Crippen molar-refractivity contribution in [1.29, 1.82) is 0 Å². The van der Waals surface area contributed by atoms with Gasteiger partial charge in [0.2, 0.25) is 0 Å². The lowest BCUT2D eigenvalue weighted by atomic mass is 9.99. The summed E-state index contributed by atoms with van der Waals surface area (Å²) in [6.07, 6.45) is 7.24. The molecule has 2 heterocycles. The number of esters is 1. The summed E-state index contributed by atoms with van der Waals surface area (Å²) >= 11 is 0. The van der Waals surface area contributed by atoms with Gasteiger partial charge in [-0.05, 0) is 54.9 Å². The van der Waals surface area contributed by atoms with E-state index in [1.807, 2.05) is 6.92 Å². The van der Waals surface area contributed by atoms with Crippen LogP contribution in [-0.4, -0.2) is 28.8 Å². The molecule has 0 aromatic carbocycles. The van der Waals surface area contributed by atoms with Gasteiger partial charge in [-0.25, -0.2) is 0 Å². The maximum atomic E-state index is 11.3. The summed E-state index contributed by atoms with van der Waals surface area (Å²) in [6, 6.07) is 0. The Morgan fingerprint density at radius 2 is 1.96 bits per heavy atom. The smallest absolute Gasteiger partial charge is 0.302 e. The number of hydrogen-bond donors (Lipinski definition) is 2. The fourth-order valence-corrected chi connectivity index (χ4v) is 3.43. The van der Waals surface area contributed by atoms with E-state index >= 15 is 0 Å². The van der Waals surface area contributed by atoms with Crippen LogP contribution in [0, 0.1) is 6.92 Å². The molecule has 2 aromatic rings. The lowest BCUT2D eigenvalue weighted by Gasteiger charge is -2.08. The van der Waals surface area contributed by atoms with Crippen molar-refractivity contribution in [2.75, 3.05) is 6.61 Å². The van der Waals surface area contributed by atoms with E-state index in [0.29, 0.717) is 12.3 Å². The van der Waals surface area contributed by atoms with E-state index in [4.69, 9.17) is 4.74 Å². The molecule has 2 rings (SSSR count). The molecular formula is C20H28N2O3. The van der Waals surface area contributed by atoms with Crippen molar-refractivity contribution in [3.05, 3.63) is 45.5 Å². The minimum atomic E-state index is -0.259. The second kappa shape index (κ2) is 8.70. The molecule has 0 unspecified atom stereocenters. The number of H-pyrrole nitrogens is 2. The number of aromatic nitrogens is 2. The summed E-state index contributed by atoms with van der Waals surface area (Å²) in [5.41, 5.74) is 7.79. The molecular weight excluding hydrogens is 316 g/mol. The maximum Gasteiger partial charge on any atom is 0.302 e. The number of rotatable bonds is 9. The largest absolute Gasteiger partial charge is 0.466 e. The monoisotopic (exact) mass is 344 g/mol. The first-order valence-electron chi connectivity index (χ1n) is 8.98. The van der Waals surface area contributed by atoms with E-state index in [9.17, 15) is 9.59 Å². The molecule has 0 aliphatic rings. The Hall–Kier alpha value is -2.30. The maximum absolute atomic E-state index is 11.3. The highest BCUT2D eigenvalue weighted by molar-refractivity contribution is 5.76. The fraction of sp³-hybridized carbons (Fsp3) is 0.500. The van der Waals surface area contributed by atoms with Crippen molar-refractivity contribution in [2.45, 2.75) is 59.8 Å². The van der Waals surface area contributed by atoms with Crippen LogP contribution in [-0.2, 0) is 35.2 Å². The van der Waals surface area contributed by atoms with Crippen molar-refractivity contribution < 1.29 is 14.3 Å². The minimum Gasteiger partial charge on any atom is -0.466 e. The summed E-state index contributed by atoms with van der Waals surface area (Å²) < 4.78 is 5.02. The number of nitrogens with one attached hydrogen (secondary N) is 2. The molecule has 2 aromatic heterocycles. The van der Waals surface area contributed by atoms with Gasteiger partial charge in [0.1, 0.15) is 0 Å². The molecule has 0 amide bonds. The summed E-state index contributed by atoms with van der Waals surface area (Å²) in [6.45, 7) is 8.12. The first-order valence-corrected chi connectivity index (χ1v) is 8.98. The molecule has 0 fully saturated rings. The quantitative estimate of drug-likeness (QED) is 0.414. The number of carbonyl (C=O) groups excluding carboxylic acids is 2. The number of aromatic amines is 2. The number of ether oxygens (including phenoxy) is 1. The normalized spacial score (nSPS) is 10.9. The zero-order chi connectivity index (χ0) is 18.4. The van der Waals surface area contributed by atoms with Crippen LogP contribution in [0.3, 0.4) is 0 Å². The van der Waals surface area contributed by atoms with Crippen LogP contribution in [0.15, 0.2) is 6.20 Å². The number of hydrogen-bond acceptors (Lipinski definition) is 3. The van der Waals surface area contributed by atoms with Crippen LogP contribution in [0.2, 0.25) is 0 Å². The van der Waals surface area contributed by atoms with Gasteiger partial charge in [-0.15, -0.1) is 0 Å². The number of carbonyl (C=O) groups is 2. The third-order valence-corrected chi connectivity index (χ3v) is 4.76. The summed E-state index contributed by atoms with van der Waals surface area (Å²) in [5, 5.41) is 0. The Morgan fingerprint density at radius 3 is 2.56 bits per heavy atom. The molecule has 0 saturated heterocycles. The Labute approximate surface area is 149 Å². The van der Waals surface area contributed by atoms with E-state index in [1.165, 1.54) is 23.7 Å². The average molecular weight is 344 g/mol. The first kappa shape index (κ1) is 19.0. The van der Waals surface area contributed by atoms with Gasteiger partial charge in [-0.1, -0.05) is 13.8 Å². The molecule has 5 heteroatoms. The van der Waals surface area contributed by atoms with Crippen molar-refractivity contribution in [2.24, 2.45) is 0 Å². The average Bonchev–Trinajstić information content (AvgIpc) is 3.12. The molecule has 2 N–H and O–H groups in total. The summed E-state index contributed by atoms with van der Waals surface area (Å²) in [4.78, 5) is 28.9. The highest BCUT2D eigenvalue weighted by Crippen LogP contribution is 2.24. The van der Waals surface area contributed by atoms with E-state index in [0.717, 1.165) is 55.2 Å². The van der Waals surface area contributed by atoms with Gasteiger partial charge in [0.05, 0.1) is 12.3 Å². The van der Waals surface area contributed by atoms with Crippen molar-refractivity contribution in [3.63, 3.8) is 0 Å². The Balaban J connectivity index is 2.23. The highest BCUT2D eigenvalue weighted by atomic mass is 16.5. The first-order chi connectivity index (χ1) is 12.0. The number of aryl methyl sites for hydroxylation is 1. The lowest BCUT2D eigenvalue weighted by Crippen LogP contribution is -2.04. The van der Waals surface area contributed by atoms with Crippen LogP contribution in [0.4, 0.5) is 0 Å². The molecule has 0 atom stereocenters. The van der Waals surface area contributed by atoms with E-state index in [2.05, 4.69) is 30.0 Å². The minimum absolute atomic E-state index is 0.259. The molecule has 0 bridgehead atoms. The van der Waals surface area contributed by atoms with Gasteiger partial charge in [-0.3, -0.25) is 9.59 Å². The number of aldehydes is 1. The van der Waals surface area contributed by atoms with Crippen LogP contribution >= 0.6 is 0 Å². The van der Waals surface area contributed by atoms with E-state index in [-0.39, 0.29) is 5.97 Å². The third kappa shape index (κ3) is 4.41. The Morgan fingerprint density at radius 1 is 1.20 bits per heavy atom. The molecule has 0 saturated carbocycles. The van der Waals surface area contributed by atoms with Gasteiger partial charge in [-0.2, -0.15) is 0 Å². The Bertz CT molecular complexity index is 740. The molecule has 0 aliphatic heterocycles. The van der Waals surface area contributed by atoms with Gasteiger partial charge in [0, 0.05) is 30.9 Å². The fourth-order valence-electron chi connectivity index (χ4n) is 3.43. The second-order valence-electron chi connectivity index (χ2n) is 6.34. The SMILES string of the molecule is CCc1c[nH]c(Cc2[nH]c(C=O)c(C)c2CCCOC(C)=O)c1CC. The van der Waals surface area contributed by atoms with Gasteiger partial charge >= 0.3 is 5.97 Å². The molecule has 5 nitrogen and oxygen atoms in total. The summed E-state index contributed by atoms with van der Waals surface area (Å²) in [7, 11) is 0. The van der Waals surface area contributed by atoms with Crippen molar-refractivity contribution in [3.8, 4) is 0 Å². The topological polar surface area (TPSA) is 74.9 Å². The molecule has 0 aliphatic carbocycles. The van der Waals surface area contributed by atoms with Gasteiger partial charge in [0.15, 0.2) is 6.29 Å². The Kier molecular flexibility index (Phi) is 6.62. The van der Waals surface area contributed by atoms with Crippen LogP contribution in [0.25, 0.3) is 0 Å². The van der Waals surface area contributed by atoms with E-state index < -0.39 is 0 Å². The molecule has 25 heavy (non-hydrogen) atoms. The third-order valence-electron chi connectivity index (χ3n) is 4.76. The van der Waals surface area contributed by atoms with Crippen LogP contribution in [0.1, 0.15) is 71.3 Å². The summed E-state index contributed by atoms with van der Waals surface area (Å²) in [5.74, 6) is -0.259. The van der Waals surface area contributed by atoms with Gasteiger partial charge in [0.25, 0.3) is 0 Å². The lowest BCUT2D eigenvalue weighted by molar-refractivity contribution is -0.141. The van der Waals surface area contributed by atoms with Crippen molar-refractivity contribution >= 4 is 12.3 Å². The predicted octanol–water partition coefficient (Wildman–Crippen LogP) is 3.68. The van der Waals surface area contributed by atoms with Crippen LogP contribution in [0.5, 0.6) is 0 Å². The standard InChI is InChI=1S/C20H28N2O3/c1-5-15-11-21-18(16(15)6-2)10-19-17(8-7-9-25-14(4)24)13(3)20(12-23)22-19/h11-12,21-22H,5-10H2,1-4H3. The highest BCUT2D eigenvalue weighted by Gasteiger charge is 2.17. The molecule has 0 radical (unpaired) electrons. The zero-order valence-corrected chi connectivity index (χ0v) is 15.6. The van der Waals surface area contributed by atoms with Crippen LogP contribution < -0.4 is 0 Å². The second-order valence-corrected chi connectivity index (χ2v) is 6.34. The van der Waals surface area contributed by atoms with Crippen molar-refractivity contribution in [1.82, 2.24) is 9.97 Å². The van der Waals surface area contributed by atoms with Gasteiger partial charge < -0.3 is 14.7 Å². The van der Waals surface area contributed by atoms with E-state index in [1.54, 1.807) is 0 Å². The predicted molar refractivity (Wildman–Crippen MR) is 98.2 cm³/mol.